The second kappa shape index (κ2) is 15.6. The second-order valence-electron chi connectivity index (χ2n) is 9.19. The van der Waals surface area contributed by atoms with E-state index in [1.807, 2.05) is 30.3 Å². The Bertz CT molecular complexity index is 1390. The Balaban J connectivity index is 0.000000557. The van der Waals surface area contributed by atoms with Crippen LogP contribution in [0.25, 0.3) is 0 Å². The maximum absolute atomic E-state index is 4.03. The van der Waals surface area contributed by atoms with Crippen LogP contribution in [0.5, 0.6) is 0 Å². The second-order valence-corrected chi connectivity index (χ2v) is 13.3. The van der Waals surface area contributed by atoms with Gasteiger partial charge in [0.05, 0.1) is 0 Å². The fraction of sp³-hybridized carbons (Fsp3) is 0.0556. The largest absolute Gasteiger partial charge is 0.748 e. The average molecular weight is 597 g/mol. The van der Waals surface area contributed by atoms with Crippen LogP contribution in [0.4, 0.5) is 0 Å². The number of hydrogen-bond donors (Lipinski definition) is 1. The van der Waals surface area contributed by atoms with Gasteiger partial charge in [0.15, 0.2) is 0 Å². The molecule has 6 aromatic rings. The molecule has 1 unspecified atom stereocenters. The molecule has 0 aliphatic rings. The first-order valence-corrected chi connectivity index (χ1v) is 16.0. The van der Waals surface area contributed by atoms with Crippen LogP contribution >= 0.6 is 16.0 Å². The molecule has 0 spiro atoms. The molecule has 6 aromatic carbocycles. The van der Waals surface area contributed by atoms with Gasteiger partial charge in [-0.25, -0.2) is 12.1 Å². The van der Waals surface area contributed by atoms with Gasteiger partial charge >= 0.3 is 0 Å². The van der Waals surface area contributed by atoms with E-state index in [0.717, 1.165) is 0 Å². The van der Waals surface area contributed by atoms with Gasteiger partial charge in [-0.05, 0) is 35.2 Å². The quantitative estimate of drug-likeness (QED) is 0.111. The molecule has 0 aliphatic carbocycles. The topological polar surface area (TPSA) is 12.0 Å². The van der Waals surface area contributed by atoms with Crippen LogP contribution in [0.2, 0.25) is 0 Å². The van der Waals surface area contributed by atoms with Crippen LogP contribution < -0.4 is 31.6 Å². The summed E-state index contributed by atoms with van der Waals surface area (Å²) in [5, 5.41) is 10.9. The summed E-state index contributed by atoms with van der Waals surface area (Å²) in [6, 6.07) is 60.7. The van der Waals surface area contributed by atoms with E-state index < -0.39 is 16.0 Å². The van der Waals surface area contributed by atoms with Crippen molar-refractivity contribution in [2.24, 2.45) is 0 Å². The molecule has 0 aromatic heterocycles. The predicted octanol–water partition coefficient (Wildman–Crippen LogP) is 7.27. The van der Waals surface area contributed by atoms with Gasteiger partial charge in [0, 0.05) is 25.1 Å². The number of nitrogens with one attached hydrogen (secondary N) is 1. The van der Waals surface area contributed by atoms with Gasteiger partial charge in [-0.3, -0.25) is 5.09 Å². The summed E-state index contributed by atoms with van der Waals surface area (Å²) in [6.45, 7) is 2.31. The normalized spacial score (nSPS) is 11.4. The van der Waals surface area contributed by atoms with Gasteiger partial charge in [0.2, 0.25) is 0 Å². The van der Waals surface area contributed by atoms with Crippen LogP contribution in [0.15, 0.2) is 170 Å². The minimum Gasteiger partial charge on any atom is -0.748 e. The van der Waals surface area contributed by atoms with Crippen LogP contribution in [0.3, 0.4) is 0 Å². The number of hydrogen-bond acceptors (Lipinski definition) is 1. The molecule has 0 bridgehead atoms. The Labute approximate surface area is 252 Å². The van der Waals surface area contributed by atoms with E-state index in [-0.39, 0.29) is 23.1 Å². The van der Waals surface area contributed by atoms with Gasteiger partial charge in [0.1, 0.15) is 0 Å². The molecule has 1 N–H and O–H groups in total. The molecule has 206 valence electrons. The first kappa shape index (κ1) is 29.9. The van der Waals surface area contributed by atoms with Crippen LogP contribution in [-0.4, -0.2) is 0 Å². The summed E-state index contributed by atoms with van der Waals surface area (Å²) < 4.78 is 0. The third-order valence-corrected chi connectivity index (χ3v) is 11.3. The molecule has 0 amide bonds. The van der Waals surface area contributed by atoms with Crippen molar-refractivity contribution < 1.29 is 17.1 Å². The van der Waals surface area contributed by atoms with Gasteiger partial charge < -0.3 is 30.3 Å². The Morgan fingerprint density at radius 3 is 1.30 bits per heavy atom. The third-order valence-electron chi connectivity index (χ3n) is 6.47. The van der Waals surface area contributed by atoms with Crippen LogP contribution in [-0.2, 0) is 17.1 Å². The van der Waals surface area contributed by atoms with Gasteiger partial charge in [-0.15, -0.1) is 10.9 Å². The molecule has 0 fully saturated rings. The Hall–Kier alpha value is -3.08. The average Bonchev–Trinajstić information content (AvgIpc) is 3.75. The molecule has 0 heterocycles. The molecule has 6 rings (SSSR count). The van der Waals surface area contributed by atoms with E-state index >= 15 is 0 Å². The van der Waals surface area contributed by atoms with Crippen molar-refractivity contribution in [3.63, 3.8) is 0 Å². The maximum atomic E-state index is 4.03. The molecule has 0 radical (unpaired) electrons. The van der Waals surface area contributed by atoms with E-state index in [1.54, 1.807) is 0 Å². The fourth-order valence-electron chi connectivity index (χ4n) is 4.61. The predicted molar refractivity (Wildman–Crippen MR) is 173 cm³/mol. The third kappa shape index (κ3) is 7.77. The minimum atomic E-state index is -0.678. The maximum Gasteiger partial charge on any atom is 0.0249 e. The van der Waals surface area contributed by atoms with Crippen LogP contribution in [0, 0.1) is 0 Å². The van der Waals surface area contributed by atoms with Gasteiger partial charge in [-0.2, -0.15) is 6.07 Å². The Morgan fingerprint density at radius 1 is 0.525 bits per heavy atom. The fourth-order valence-corrected chi connectivity index (χ4v) is 9.23. The summed E-state index contributed by atoms with van der Waals surface area (Å²) in [5.74, 6) is 0. The monoisotopic (exact) mass is 597 g/mol. The molecule has 40 heavy (non-hydrogen) atoms. The summed E-state index contributed by atoms with van der Waals surface area (Å²) in [7, 11) is -1.31. The van der Waals surface area contributed by atoms with Crippen molar-refractivity contribution >= 4 is 42.5 Å². The van der Waals surface area contributed by atoms with Gasteiger partial charge in [-0.1, -0.05) is 128 Å². The summed E-state index contributed by atoms with van der Waals surface area (Å²) in [4.78, 5) is 0. The summed E-state index contributed by atoms with van der Waals surface area (Å²) in [6.07, 6.45) is 0. The van der Waals surface area contributed by atoms with E-state index in [9.17, 15) is 0 Å². The van der Waals surface area contributed by atoms with Crippen molar-refractivity contribution in [1.29, 1.82) is 0 Å². The smallest absolute Gasteiger partial charge is 0.0249 e. The summed E-state index contributed by atoms with van der Waals surface area (Å²) in [5.41, 5.74) is 1.39. The molecule has 0 saturated heterocycles. The Kier molecular flexibility index (Phi) is 11.7. The summed E-state index contributed by atoms with van der Waals surface area (Å²) >= 11 is 0. The van der Waals surface area contributed by atoms with Crippen LogP contribution in [0.1, 0.15) is 18.5 Å². The molecular formula is C36H33FeNP2-6. The van der Waals surface area contributed by atoms with E-state index in [2.05, 4.69) is 152 Å². The van der Waals surface area contributed by atoms with Gasteiger partial charge in [0.25, 0.3) is 0 Å². The molecule has 4 heteroatoms. The Morgan fingerprint density at radius 2 is 0.900 bits per heavy atom. The molecule has 0 saturated carbocycles. The van der Waals surface area contributed by atoms with Crippen molar-refractivity contribution in [2.75, 3.05) is 0 Å². The van der Waals surface area contributed by atoms with E-state index in [1.165, 1.54) is 32.1 Å². The zero-order valence-electron chi connectivity index (χ0n) is 22.5. The van der Waals surface area contributed by atoms with E-state index in [4.69, 9.17) is 0 Å². The minimum absolute atomic E-state index is 0. The SMILES string of the molecule is CC(NP(c1ccccc1)c1ccccc1)[c-]1cccc1P(c1ccccc1)c1ccccc1.[Fe].[cH-]1[cH-][cH-][cH-][cH-]1. The first-order valence-electron chi connectivity index (χ1n) is 13.3. The van der Waals surface area contributed by atoms with Crippen molar-refractivity contribution in [1.82, 2.24) is 5.09 Å². The zero-order valence-corrected chi connectivity index (χ0v) is 25.4. The molecule has 1 nitrogen and oxygen atoms in total. The van der Waals surface area contributed by atoms with Crippen molar-refractivity contribution in [3.05, 3.63) is 175 Å². The molecule has 1 atom stereocenters. The van der Waals surface area contributed by atoms with Crippen molar-refractivity contribution in [3.8, 4) is 0 Å². The number of rotatable bonds is 8. The first-order chi connectivity index (χ1) is 19.3. The molecule has 0 aliphatic heterocycles. The standard InChI is InChI=1S/C31H28NP2.C5H5.Fe/c1-25(32-34(28-19-10-4-11-20-28)29-21-12-5-13-22-29)30-23-14-24-31(30)33(26-15-6-2-7-16-26)27-17-8-3-9-18-27;1-2-4-5-3-1;/h2-25,32H,1H3;1-5H;/q-1;-5;. The molecular weight excluding hydrogens is 564 g/mol. The van der Waals surface area contributed by atoms with E-state index in [0.29, 0.717) is 0 Å². The zero-order chi connectivity index (χ0) is 26.7. The van der Waals surface area contributed by atoms with Crippen molar-refractivity contribution in [2.45, 2.75) is 13.0 Å². The number of benzene rings is 4.